The van der Waals surface area contributed by atoms with Crippen LogP contribution in [0.3, 0.4) is 0 Å². The molecule has 1 fully saturated rings. The Bertz CT molecular complexity index is 1410. The fraction of sp³-hybridized carbons (Fsp3) is 0.429. The molecule has 0 radical (unpaired) electrons. The van der Waals surface area contributed by atoms with Crippen LogP contribution in [0.4, 0.5) is 0 Å². The van der Waals surface area contributed by atoms with Crippen LogP contribution in [-0.2, 0) is 12.1 Å². The van der Waals surface area contributed by atoms with Gasteiger partial charge in [0, 0.05) is 38.3 Å². The van der Waals surface area contributed by atoms with Gasteiger partial charge >= 0.3 is 0 Å². The molecule has 4 aromatic rings. The number of tetrazole rings is 1. The SMILES string of the molecule is Cc1cc(C)c2[nH]c(=O)c([C@H](c3nnnn3C(C)(C)C)N3CCN(Cc4ccccc4)CC3)cc2c1. The van der Waals surface area contributed by atoms with Gasteiger partial charge in [0.1, 0.15) is 6.04 Å². The summed E-state index contributed by atoms with van der Waals surface area (Å²) in [6.45, 7) is 14.7. The summed E-state index contributed by atoms with van der Waals surface area (Å²) in [4.78, 5) is 21.5. The molecular formula is C28H35N7O. The predicted molar refractivity (Wildman–Crippen MR) is 142 cm³/mol. The van der Waals surface area contributed by atoms with Crippen LogP contribution >= 0.6 is 0 Å². The van der Waals surface area contributed by atoms with Crippen LogP contribution < -0.4 is 5.56 Å². The summed E-state index contributed by atoms with van der Waals surface area (Å²) in [5.74, 6) is 0.702. The summed E-state index contributed by atoms with van der Waals surface area (Å²) >= 11 is 0. The Morgan fingerprint density at radius 1 is 1.00 bits per heavy atom. The lowest BCUT2D eigenvalue weighted by molar-refractivity contribution is 0.0975. The molecule has 188 valence electrons. The van der Waals surface area contributed by atoms with E-state index in [0.717, 1.165) is 49.2 Å². The second kappa shape index (κ2) is 9.59. The highest BCUT2D eigenvalue weighted by Gasteiger charge is 2.35. The normalized spacial score (nSPS) is 16.5. The fourth-order valence-corrected chi connectivity index (χ4v) is 5.27. The van der Waals surface area contributed by atoms with Crippen molar-refractivity contribution in [1.82, 2.24) is 35.0 Å². The molecule has 0 amide bonds. The summed E-state index contributed by atoms with van der Waals surface area (Å²) < 4.78 is 1.86. The molecule has 8 heteroatoms. The number of aromatic nitrogens is 5. The van der Waals surface area contributed by atoms with Crippen LogP contribution in [0.1, 0.15) is 54.9 Å². The molecule has 2 aromatic heterocycles. The molecule has 5 rings (SSSR count). The van der Waals surface area contributed by atoms with E-state index < -0.39 is 0 Å². The van der Waals surface area contributed by atoms with Gasteiger partial charge in [0.05, 0.1) is 11.1 Å². The molecule has 0 unspecified atom stereocenters. The van der Waals surface area contributed by atoms with Gasteiger partial charge in [0.25, 0.3) is 5.56 Å². The summed E-state index contributed by atoms with van der Waals surface area (Å²) in [7, 11) is 0. The number of nitrogens with zero attached hydrogens (tertiary/aromatic N) is 6. The minimum Gasteiger partial charge on any atom is -0.321 e. The van der Waals surface area contributed by atoms with Crippen LogP contribution in [0.15, 0.2) is 53.3 Å². The van der Waals surface area contributed by atoms with Crippen molar-refractivity contribution in [2.24, 2.45) is 0 Å². The first-order valence-corrected chi connectivity index (χ1v) is 12.6. The molecule has 36 heavy (non-hydrogen) atoms. The van der Waals surface area contributed by atoms with E-state index in [9.17, 15) is 4.79 Å². The molecule has 1 aliphatic rings. The Balaban J connectivity index is 1.53. The molecule has 0 bridgehead atoms. The van der Waals surface area contributed by atoms with Crippen LogP contribution in [0.2, 0.25) is 0 Å². The van der Waals surface area contributed by atoms with Gasteiger partial charge < -0.3 is 4.98 Å². The van der Waals surface area contributed by atoms with Gasteiger partial charge in [-0.15, -0.1) is 5.10 Å². The van der Waals surface area contributed by atoms with E-state index in [4.69, 9.17) is 0 Å². The number of H-pyrrole nitrogens is 1. The van der Waals surface area contributed by atoms with Crippen LogP contribution in [-0.4, -0.2) is 61.2 Å². The topological polar surface area (TPSA) is 82.9 Å². The van der Waals surface area contributed by atoms with E-state index in [1.807, 2.05) is 17.7 Å². The molecule has 1 saturated heterocycles. The molecular weight excluding hydrogens is 450 g/mol. The molecule has 0 spiro atoms. The predicted octanol–water partition coefficient (Wildman–Crippen LogP) is 3.79. The number of nitrogens with one attached hydrogen (secondary N) is 1. The van der Waals surface area contributed by atoms with Crippen LogP contribution in [0, 0.1) is 13.8 Å². The molecule has 8 nitrogen and oxygen atoms in total. The largest absolute Gasteiger partial charge is 0.321 e. The summed E-state index contributed by atoms with van der Waals surface area (Å²) in [6.07, 6.45) is 0. The molecule has 3 heterocycles. The Morgan fingerprint density at radius 3 is 2.42 bits per heavy atom. The lowest BCUT2D eigenvalue weighted by Gasteiger charge is -2.39. The minimum absolute atomic E-state index is 0.0883. The highest BCUT2D eigenvalue weighted by Crippen LogP contribution is 2.31. The van der Waals surface area contributed by atoms with Gasteiger partial charge in [-0.3, -0.25) is 14.6 Å². The maximum absolute atomic E-state index is 13.5. The minimum atomic E-state index is -0.341. The van der Waals surface area contributed by atoms with E-state index in [0.29, 0.717) is 11.4 Å². The maximum Gasteiger partial charge on any atom is 0.253 e. The second-order valence-corrected chi connectivity index (χ2v) is 10.9. The standard InChI is InChI=1S/C28H35N7O/c1-19-15-20(2)24-22(16-19)17-23(27(36)29-24)25(26-30-31-32-35(26)28(3,4)5)34-13-11-33(12-14-34)18-21-9-7-6-8-10-21/h6-10,15-17,25H,11-14,18H2,1-5H3,(H,29,36)/t25-/m1/s1. The lowest BCUT2D eigenvalue weighted by Crippen LogP contribution is -2.49. The monoisotopic (exact) mass is 485 g/mol. The van der Waals surface area contributed by atoms with E-state index >= 15 is 0 Å². The fourth-order valence-electron chi connectivity index (χ4n) is 5.27. The second-order valence-electron chi connectivity index (χ2n) is 10.9. The molecule has 1 atom stereocenters. The van der Waals surface area contributed by atoms with E-state index in [1.165, 1.54) is 11.1 Å². The average molecular weight is 486 g/mol. The highest BCUT2D eigenvalue weighted by atomic mass is 16.1. The van der Waals surface area contributed by atoms with Crippen molar-refractivity contribution in [3.63, 3.8) is 0 Å². The number of aromatic amines is 1. The highest BCUT2D eigenvalue weighted by molar-refractivity contribution is 5.83. The molecule has 1 N–H and O–H groups in total. The number of aryl methyl sites for hydroxylation is 2. The third kappa shape index (κ3) is 4.83. The van der Waals surface area contributed by atoms with E-state index in [-0.39, 0.29) is 17.1 Å². The first-order chi connectivity index (χ1) is 17.2. The Kier molecular flexibility index (Phi) is 6.49. The van der Waals surface area contributed by atoms with Crippen molar-refractivity contribution in [2.75, 3.05) is 26.2 Å². The van der Waals surface area contributed by atoms with Crippen LogP contribution in [0.5, 0.6) is 0 Å². The zero-order valence-electron chi connectivity index (χ0n) is 21.8. The molecule has 0 saturated carbocycles. The third-order valence-corrected chi connectivity index (χ3v) is 7.01. The average Bonchev–Trinajstić information content (AvgIpc) is 3.32. The smallest absolute Gasteiger partial charge is 0.253 e. The number of benzene rings is 2. The van der Waals surface area contributed by atoms with E-state index in [1.54, 1.807) is 0 Å². The van der Waals surface area contributed by atoms with Crippen molar-refractivity contribution < 1.29 is 0 Å². The number of rotatable bonds is 5. The first kappa shape index (κ1) is 24.3. The van der Waals surface area contributed by atoms with Gasteiger partial charge in [-0.2, -0.15) is 0 Å². The number of hydrogen-bond donors (Lipinski definition) is 1. The van der Waals surface area contributed by atoms with Crippen molar-refractivity contribution in [1.29, 1.82) is 0 Å². The lowest BCUT2D eigenvalue weighted by atomic mass is 9.99. The number of hydrogen-bond acceptors (Lipinski definition) is 6. The van der Waals surface area contributed by atoms with Crippen molar-refractivity contribution in [2.45, 2.75) is 52.7 Å². The van der Waals surface area contributed by atoms with Gasteiger partial charge in [0.15, 0.2) is 5.82 Å². The van der Waals surface area contributed by atoms with Gasteiger partial charge in [0.2, 0.25) is 0 Å². The summed E-state index contributed by atoms with van der Waals surface area (Å²) in [5, 5.41) is 13.9. The molecule has 0 aliphatic carbocycles. The number of pyridine rings is 1. The summed E-state index contributed by atoms with van der Waals surface area (Å²) in [5.41, 5.74) is 4.72. The summed E-state index contributed by atoms with van der Waals surface area (Å²) in [6, 6.07) is 16.5. The van der Waals surface area contributed by atoms with Gasteiger partial charge in [-0.05, 0) is 73.7 Å². The van der Waals surface area contributed by atoms with Crippen molar-refractivity contribution in [3.05, 3.63) is 87.0 Å². The Hall–Kier alpha value is -3.36. The number of piperazine rings is 1. The quantitative estimate of drug-likeness (QED) is 0.463. The van der Waals surface area contributed by atoms with Gasteiger partial charge in [-0.25, -0.2) is 4.68 Å². The zero-order chi connectivity index (χ0) is 25.4. The first-order valence-electron chi connectivity index (χ1n) is 12.6. The van der Waals surface area contributed by atoms with Crippen molar-refractivity contribution in [3.8, 4) is 0 Å². The van der Waals surface area contributed by atoms with E-state index in [2.05, 4.69) is 100 Å². The molecule has 1 aliphatic heterocycles. The van der Waals surface area contributed by atoms with Crippen LogP contribution in [0.25, 0.3) is 10.9 Å². The zero-order valence-corrected chi connectivity index (χ0v) is 21.8. The Morgan fingerprint density at radius 2 is 1.72 bits per heavy atom. The Labute approximate surface area is 211 Å². The molecule has 2 aromatic carbocycles. The maximum atomic E-state index is 13.5. The van der Waals surface area contributed by atoms with Crippen molar-refractivity contribution >= 4 is 10.9 Å². The van der Waals surface area contributed by atoms with Gasteiger partial charge in [-0.1, -0.05) is 42.0 Å². The third-order valence-electron chi connectivity index (χ3n) is 7.01. The number of fused-ring (bicyclic) bond motifs is 1.